The smallest absolute Gasteiger partial charge is 0.352 e. The molecule has 2 rings (SSSR count). The van der Waals surface area contributed by atoms with E-state index in [1.165, 1.54) is 16.8 Å². The Labute approximate surface area is 118 Å². The van der Waals surface area contributed by atoms with Gasteiger partial charge in [0.05, 0.1) is 0 Å². The Morgan fingerprint density at radius 1 is 1.45 bits per heavy atom. The fourth-order valence-electron chi connectivity index (χ4n) is 2.71. The molecule has 0 unspecified atom stereocenters. The number of carboxylic acids is 1. The highest BCUT2D eigenvalue weighted by Gasteiger charge is 2.34. The quantitative estimate of drug-likeness (QED) is 0.868. The van der Waals surface area contributed by atoms with E-state index < -0.39 is 21.5 Å². The number of rotatable bonds is 5. The normalized spacial score (nSPS) is 18.3. The van der Waals surface area contributed by atoms with Crippen molar-refractivity contribution >= 4 is 16.0 Å². The van der Waals surface area contributed by atoms with Crippen LogP contribution in [0.25, 0.3) is 0 Å². The molecule has 0 atom stereocenters. The van der Waals surface area contributed by atoms with Crippen molar-refractivity contribution in [2.45, 2.75) is 56.5 Å². The van der Waals surface area contributed by atoms with Crippen LogP contribution >= 0.6 is 0 Å². The summed E-state index contributed by atoms with van der Waals surface area (Å²) in [5.41, 5.74) is -0.430. The predicted molar refractivity (Wildman–Crippen MR) is 74.3 cm³/mol. The van der Waals surface area contributed by atoms with Gasteiger partial charge in [-0.05, 0) is 32.8 Å². The monoisotopic (exact) mass is 300 g/mol. The van der Waals surface area contributed by atoms with Crippen LogP contribution in [0.1, 0.15) is 50.0 Å². The van der Waals surface area contributed by atoms with Crippen LogP contribution < -0.4 is 4.72 Å². The number of hydrogen-bond donors (Lipinski definition) is 2. The Bertz CT molecular complexity index is 612. The highest BCUT2D eigenvalue weighted by molar-refractivity contribution is 7.89. The summed E-state index contributed by atoms with van der Waals surface area (Å²) in [5.74, 6) is -1.12. The first-order chi connectivity index (χ1) is 9.27. The Hall–Kier alpha value is -1.34. The summed E-state index contributed by atoms with van der Waals surface area (Å²) in [6.07, 6.45) is 5.02. The van der Waals surface area contributed by atoms with E-state index in [9.17, 15) is 13.2 Å². The first kappa shape index (κ1) is 15.1. The van der Waals surface area contributed by atoms with Crippen molar-refractivity contribution in [2.75, 3.05) is 0 Å². The van der Waals surface area contributed by atoms with Crippen molar-refractivity contribution in [3.8, 4) is 0 Å². The average molecular weight is 300 g/mol. The summed E-state index contributed by atoms with van der Waals surface area (Å²) in [6, 6.07) is 1.21. The standard InChI is InChI=1S/C13H20N2O4S/c1-3-15-9-10(8-11(15)12(16)17)20(18,19)14-13(2)6-4-5-7-13/h8-9,14H,3-7H2,1-2H3,(H,16,17). The van der Waals surface area contributed by atoms with E-state index in [-0.39, 0.29) is 10.6 Å². The molecule has 1 aromatic rings. The molecule has 0 amide bonds. The van der Waals surface area contributed by atoms with Gasteiger partial charge in [-0.3, -0.25) is 0 Å². The molecule has 6 nitrogen and oxygen atoms in total. The molecule has 1 saturated carbocycles. The molecular weight excluding hydrogens is 280 g/mol. The maximum absolute atomic E-state index is 12.4. The molecule has 1 aliphatic carbocycles. The maximum atomic E-state index is 12.4. The van der Waals surface area contributed by atoms with Crippen LogP contribution in [-0.2, 0) is 16.6 Å². The van der Waals surface area contributed by atoms with E-state index in [0.717, 1.165) is 25.7 Å². The molecule has 2 N–H and O–H groups in total. The van der Waals surface area contributed by atoms with E-state index in [1.54, 1.807) is 6.92 Å². The minimum atomic E-state index is -3.68. The highest BCUT2D eigenvalue weighted by Crippen LogP contribution is 2.30. The fourth-order valence-corrected chi connectivity index (χ4v) is 4.22. The van der Waals surface area contributed by atoms with E-state index in [2.05, 4.69) is 4.72 Å². The Kier molecular flexibility index (Phi) is 3.93. The van der Waals surface area contributed by atoms with Crippen molar-refractivity contribution < 1.29 is 18.3 Å². The third-order valence-electron chi connectivity index (χ3n) is 3.83. The summed E-state index contributed by atoms with van der Waals surface area (Å²) < 4.78 is 28.9. The van der Waals surface area contributed by atoms with Gasteiger partial charge in [0.2, 0.25) is 10.0 Å². The minimum absolute atomic E-state index is 0.00977. The number of aromatic nitrogens is 1. The van der Waals surface area contributed by atoms with Gasteiger partial charge in [-0.1, -0.05) is 12.8 Å². The number of carboxylic acid groups (broad SMARTS) is 1. The fraction of sp³-hybridized carbons (Fsp3) is 0.615. The molecule has 0 bridgehead atoms. The van der Waals surface area contributed by atoms with Gasteiger partial charge in [-0.25, -0.2) is 17.9 Å². The predicted octanol–water partition coefficient (Wildman–Crippen LogP) is 1.82. The lowest BCUT2D eigenvalue weighted by Crippen LogP contribution is -2.43. The molecule has 0 radical (unpaired) electrons. The molecule has 1 aliphatic rings. The van der Waals surface area contributed by atoms with Gasteiger partial charge in [0, 0.05) is 18.3 Å². The van der Waals surface area contributed by atoms with Crippen LogP contribution in [0, 0.1) is 0 Å². The lowest BCUT2D eigenvalue weighted by molar-refractivity contribution is 0.0685. The summed E-state index contributed by atoms with van der Waals surface area (Å²) in [7, 11) is -3.68. The molecule has 0 aliphatic heterocycles. The van der Waals surface area contributed by atoms with Crippen LogP contribution in [0.4, 0.5) is 0 Å². The van der Waals surface area contributed by atoms with Crippen molar-refractivity contribution in [3.63, 3.8) is 0 Å². The van der Waals surface area contributed by atoms with Gasteiger partial charge in [0.25, 0.3) is 0 Å². The SMILES string of the molecule is CCn1cc(S(=O)(=O)NC2(C)CCCC2)cc1C(=O)O. The molecule has 0 spiro atoms. The Morgan fingerprint density at radius 3 is 2.50 bits per heavy atom. The molecule has 0 saturated heterocycles. The largest absolute Gasteiger partial charge is 0.477 e. The third kappa shape index (κ3) is 2.88. The number of hydrogen-bond acceptors (Lipinski definition) is 3. The molecule has 7 heteroatoms. The van der Waals surface area contributed by atoms with Gasteiger partial charge in [-0.15, -0.1) is 0 Å². The Balaban J connectivity index is 2.32. The van der Waals surface area contributed by atoms with Crippen LogP contribution in [0.5, 0.6) is 0 Å². The zero-order valence-corrected chi connectivity index (χ0v) is 12.5. The number of carbonyl (C=O) groups is 1. The summed E-state index contributed by atoms with van der Waals surface area (Å²) >= 11 is 0. The number of sulfonamides is 1. The second kappa shape index (κ2) is 5.21. The zero-order valence-electron chi connectivity index (χ0n) is 11.7. The summed E-state index contributed by atoms with van der Waals surface area (Å²) in [4.78, 5) is 11.1. The molecule has 20 heavy (non-hydrogen) atoms. The van der Waals surface area contributed by atoms with E-state index in [4.69, 9.17) is 5.11 Å². The van der Waals surface area contributed by atoms with Crippen LogP contribution in [0.2, 0.25) is 0 Å². The van der Waals surface area contributed by atoms with Crippen molar-refractivity contribution in [3.05, 3.63) is 18.0 Å². The maximum Gasteiger partial charge on any atom is 0.352 e. The topological polar surface area (TPSA) is 88.4 Å². The first-order valence-electron chi connectivity index (χ1n) is 6.75. The Morgan fingerprint density at radius 2 is 2.05 bits per heavy atom. The van der Waals surface area contributed by atoms with E-state index in [1.807, 2.05) is 6.92 Å². The van der Waals surface area contributed by atoms with Crippen molar-refractivity contribution in [2.24, 2.45) is 0 Å². The van der Waals surface area contributed by atoms with Gasteiger partial charge >= 0.3 is 5.97 Å². The lowest BCUT2D eigenvalue weighted by atomic mass is 10.0. The van der Waals surface area contributed by atoms with E-state index >= 15 is 0 Å². The van der Waals surface area contributed by atoms with Crippen LogP contribution in [0.3, 0.4) is 0 Å². The summed E-state index contributed by atoms with van der Waals surface area (Å²) in [6.45, 7) is 4.08. The minimum Gasteiger partial charge on any atom is -0.477 e. The molecular formula is C13H20N2O4S. The first-order valence-corrected chi connectivity index (χ1v) is 8.23. The molecule has 0 aromatic carbocycles. The second-order valence-electron chi connectivity index (χ2n) is 5.53. The van der Waals surface area contributed by atoms with Gasteiger partial charge in [-0.2, -0.15) is 0 Å². The van der Waals surface area contributed by atoms with Gasteiger partial charge < -0.3 is 9.67 Å². The highest BCUT2D eigenvalue weighted by atomic mass is 32.2. The van der Waals surface area contributed by atoms with Crippen molar-refractivity contribution in [1.29, 1.82) is 0 Å². The molecule has 1 aromatic heterocycles. The van der Waals surface area contributed by atoms with Gasteiger partial charge in [0.15, 0.2) is 0 Å². The van der Waals surface area contributed by atoms with E-state index in [0.29, 0.717) is 6.54 Å². The zero-order chi connectivity index (χ0) is 15.0. The molecule has 1 fully saturated rings. The lowest BCUT2D eigenvalue weighted by Gasteiger charge is -2.24. The number of aromatic carboxylic acids is 1. The number of nitrogens with one attached hydrogen (secondary N) is 1. The van der Waals surface area contributed by atoms with Crippen molar-refractivity contribution in [1.82, 2.24) is 9.29 Å². The number of aryl methyl sites for hydroxylation is 1. The van der Waals surface area contributed by atoms with Gasteiger partial charge in [0.1, 0.15) is 10.6 Å². The molecule has 1 heterocycles. The van der Waals surface area contributed by atoms with Crippen LogP contribution in [-0.4, -0.2) is 29.6 Å². The van der Waals surface area contributed by atoms with Crippen LogP contribution in [0.15, 0.2) is 17.2 Å². The summed E-state index contributed by atoms with van der Waals surface area (Å²) in [5, 5.41) is 9.07. The third-order valence-corrected chi connectivity index (χ3v) is 5.43. The second-order valence-corrected chi connectivity index (χ2v) is 7.21. The molecule has 112 valence electrons. The number of nitrogens with zero attached hydrogens (tertiary/aromatic N) is 1. The average Bonchev–Trinajstić information content (AvgIpc) is 2.94.